The maximum absolute atomic E-state index is 12.1. The summed E-state index contributed by atoms with van der Waals surface area (Å²) in [6.07, 6.45) is 2.58. The van der Waals surface area contributed by atoms with E-state index in [0.717, 1.165) is 37.2 Å². The third-order valence-electron chi connectivity index (χ3n) is 3.57. The summed E-state index contributed by atoms with van der Waals surface area (Å²) in [7, 11) is 0. The molecule has 0 aromatic heterocycles. The highest BCUT2D eigenvalue weighted by Crippen LogP contribution is 2.34. The van der Waals surface area contributed by atoms with Gasteiger partial charge in [-0.1, -0.05) is 0 Å². The van der Waals surface area contributed by atoms with Gasteiger partial charge in [0.25, 0.3) is 0 Å². The monoisotopic (exact) mass is 232 g/mol. The van der Waals surface area contributed by atoms with Gasteiger partial charge in [-0.25, -0.2) is 0 Å². The van der Waals surface area contributed by atoms with Crippen molar-refractivity contribution in [2.24, 2.45) is 0 Å². The number of hydrogen-bond acceptors (Lipinski definition) is 3. The van der Waals surface area contributed by atoms with Crippen LogP contribution < -0.4 is 10.2 Å². The van der Waals surface area contributed by atoms with Gasteiger partial charge in [0.2, 0.25) is 5.91 Å². The third-order valence-corrected chi connectivity index (χ3v) is 3.57. The maximum Gasteiger partial charge on any atom is 0.231 e. The Balaban J connectivity index is 1.93. The minimum absolute atomic E-state index is 0.152. The van der Waals surface area contributed by atoms with Gasteiger partial charge < -0.3 is 15.3 Å². The molecule has 3 rings (SSSR count). The number of phenols is 1. The van der Waals surface area contributed by atoms with E-state index in [1.54, 1.807) is 12.1 Å². The van der Waals surface area contributed by atoms with Gasteiger partial charge >= 0.3 is 0 Å². The molecule has 0 spiro atoms. The molecule has 17 heavy (non-hydrogen) atoms. The van der Waals surface area contributed by atoms with Gasteiger partial charge in [-0.2, -0.15) is 0 Å². The molecule has 0 aliphatic carbocycles. The SMILES string of the molecule is O=C1Cc2cc(O)ccc2N1C1CCCNC1. The first kappa shape index (κ1) is 10.6. The smallest absolute Gasteiger partial charge is 0.231 e. The minimum atomic E-state index is 0.152. The summed E-state index contributed by atoms with van der Waals surface area (Å²) in [6.45, 7) is 1.91. The second-order valence-corrected chi connectivity index (χ2v) is 4.75. The fourth-order valence-corrected chi connectivity index (χ4v) is 2.79. The number of aromatic hydroxyl groups is 1. The fourth-order valence-electron chi connectivity index (χ4n) is 2.79. The lowest BCUT2D eigenvalue weighted by Crippen LogP contribution is -2.47. The van der Waals surface area contributed by atoms with Gasteiger partial charge in [-0.05, 0) is 43.1 Å². The zero-order chi connectivity index (χ0) is 11.8. The van der Waals surface area contributed by atoms with Crippen LogP contribution in [0.1, 0.15) is 18.4 Å². The van der Waals surface area contributed by atoms with E-state index in [1.807, 2.05) is 11.0 Å². The van der Waals surface area contributed by atoms with E-state index in [4.69, 9.17) is 0 Å². The van der Waals surface area contributed by atoms with Crippen molar-refractivity contribution < 1.29 is 9.90 Å². The van der Waals surface area contributed by atoms with Gasteiger partial charge in [0.15, 0.2) is 0 Å². The minimum Gasteiger partial charge on any atom is -0.508 e. The number of amides is 1. The predicted octanol–water partition coefficient (Wildman–Crippen LogP) is 1.03. The molecule has 2 aliphatic heterocycles. The van der Waals surface area contributed by atoms with Crippen molar-refractivity contribution in [2.45, 2.75) is 25.3 Å². The summed E-state index contributed by atoms with van der Waals surface area (Å²) in [4.78, 5) is 14.0. The predicted molar refractivity (Wildman–Crippen MR) is 65.2 cm³/mol. The van der Waals surface area contributed by atoms with Gasteiger partial charge in [-0.3, -0.25) is 4.79 Å². The van der Waals surface area contributed by atoms with E-state index in [-0.39, 0.29) is 17.7 Å². The van der Waals surface area contributed by atoms with Crippen LogP contribution in [0.2, 0.25) is 0 Å². The van der Waals surface area contributed by atoms with Crippen molar-refractivity contribution in [3.8, 4) is 5.75 Å². The van der Waals surface area contributed by atoms with E-state index in [9.17, 15) is 9.90 Å². The molecule has 2 heterocycles. The highest BCUT2D eigenvalue weighted by Gasteiger charge is 2.33. The number of rotatable bonds is 1. The van der Waals surface area contributed by atoms with Gasteiger partial charge in [-0.15, -0.1) is 0 Å². The van der Waals surface area contributed by atoms with E-state index in [1.165, 1.54) is 0 Å². The van der Waals surface area contributed by atoms with Crippen LogP contribution in [0.5, 0.6) is 5.75 Å². The van der Waals surface area contributed by atoms with Gasteiger partial charge in [0, 0.05) is 18.3 Å². The van der Waals surface area contributed by atoms with E-state index < -0.39 is 0 Å². The lowest BCUT2D eigenvalue weighted by atomic mass is 10.1. The van der Waals surface area contributed by atoms with Gasteiger partial charge in [0.1, 0.15) is 5.75 Å². The molecule has 0 saturated carbocycles. The molecule has 4 nitrogen and oxygen atoms in total. The first-order valence-corrected chi connectivity index (χ1v) is 6.10. The number of nitrogens with zero attached hydrogens (tertiary/aromatic N) is 1. The Labute approximate surface area is 100 Å². The zero-order valence-electron chi connectivity index (χ0n) is 9.65. The molecule has 0 radical (unpaired) electrons. The lowest BCUT2D eigenvalue weighted by Gasteiger charge is -2.32. The Morgan fingerprint density at radius 2 is 2.29 bits per heavy atom. The molecule has 4 heteroatoms. The van der Waals surface area contributed by atoms with Crippen LogP contribution in [0.15, 0.2) is 18.2 Å². The topological polar surface area (TPSA) is 52.6 Å². The Morgan fingerprint density at radius 3 is 3.06 bits per heavy atom. The second kappa shape index (κ2) is 4.04. The molecule has 1 saturated heterocycles. The summed E-state index contributed by atoms with van der Waals surface area (Å²) in [5, 5.41) is 12.8. The molecule has 90 valence electrons. The molecule has 1 amide bonds. The van der Waals surface area contributed by atoms with E-state index in [2.05, 4.69) is 5.32 Å². The molecule has 2 aliphatic rings. The third kappa shape index (κ3) is 1.78. The Kier molecular flexibility index (Phi) is 2.52. The molecular formula is C13H16N2O2. The number of benzene rings is 1. The summed E-state index contributed by atoms with van der Waals surface area (Å²) >= 11 is 0. The zero-order valence-corrected chi connectivity index (χ0v) is 9.65. The van der Waals surface area contributed by atoms with Crippen molar-refractivity contribution in [2.75, 3.05) is 18.0 Å². The van der Waals surface area contributed by atoms with Crippen molar-refractivity contribution in [1.29, 1.82) is 0 Å². The van der Waals surface area contributed by atoms with Crippen molar-refractivity contribution in [3.05, 3.63) is 23.8 Å². The van der Waals surface area contributed by atoms with Crippen molar-refractivity contribution in [1.82, 2.24) is 5.32 Å². The number of anilines is 1. The largest absolute Gasteiger partial charge is 0.508 e. The lowest BCUT2D eigenvalue weighted by molar-refractivity contribution is -0.117. The average molecular weight is 232 g/mol. The average Bonchev–Trinajstić information content (AvgIpc) is 2.65. The molecule has 1 unspecified atom stereocenters. The van der Waals surface area contributed by atoms with Crippen LogP contribution in [-0.2, 0) is 11.2 Å². The Bertz CT molecular complexity index is 453. The van der Waals surface area contributed by atoms with Crippen LogP contribution in [0, 0.1) is 0 Å². The number of hydrogen-bond donors (Lipinski definition) is 2. The normalized spacial score (nSPS) is 23.9. The van der Waals surface area contributed by atoms with Crippen LogP contribution in [0.25, 0.3) is 0 Å². The number of phenolic OH excluding ortho intramolecular Hbond substituents is 1. The molecule has 0 bridgehead atoms. The first-order chi connectivity index (χ1) is 8.25. The van der Waals surface area contributed by atoms with Crippen LogP contribution in [0.4, 0.5) is 5.69 Å². The van der Waals surface area contributed by atoms with Crippen LogP contribution in [0.3, 0.4) is 0 Å². The number of carbonyl (C=O) groups is 1. The molecule has 2 N–H and O–H groups in total. The standard InChI is InChI=1S/C13H16N2O2/c16-11-3-4-12-9(6-11)7-13(17)15(12)10-2-1-5-14-8-10/h3-4,6,10,14,16H,1-2,5,7-8H2. The first-order valence-electron chi connectivity index (χ1n) is 6.10. The van der Waals surface area contributed by atoms with E-state index in [0.29, 0.717) is 6.42 Å². The quantitative estimate of drug-likeness (QED) is 0.760. The molecule has 1 atom stereocenters. The van der Waals surface area contributed by atoms with Crippen LogP contribution >= 0.6 is 0 Å². The Morgan fingerprint density at radius 1 is 1.41 bits per heavy atom. The Hall–Kier alpha value is -1.55. The molecule has 1 fully saturated rings. The molecule has 1 aromatic rings. The van der Waals surface area contributed by atoms with Crippen molar-refractivity contribution >= 4 is 11.6 Å². The van der Waals surface area contributed by atoms with E-state index >= 15 is 0 Å². The highest BCUT2D eigenvalue weighted by atomic mass is 16.3. The highest BCUT2D eigenvalue weighted by molar-refractivity contribution is 6.02. The number of carbonyl (C=O) groups excluding carboxylic acids is 1. The van der Waals surface area contributed by atoms with Crippen molar-refractivity contribution in [3.63, 3.8) is 0 Å². The number of fused-ring (bicyclic) bond motifs is 1. The maximum atomic E-state index is 12.1. The number of piperidine rings is 1. The summed E-state index contributed by atoms with van der Waals surface area (Å²) in [6, 6.07) is 5.47. The second-order valence-electron chi connectivity index (χ2n) is 4.75. The molecular weight excluding hydrogens is 216 g/mol. The summed E-state index contributed by atoms with van der Waals surface area (Å²) in [5.41, 5.74) is 1.92. The summed E-state index contributed by atoms with van der Waals surface area (Å²) < 4.78 is 0. The summed E-state index contributed by atoms with van der Waals surface area (Å²) in [5.74, 6) is 0.388. The van der Waals surface area contributed by atoms with Crippen LogP contribution in [-0.4, -0.2) is 30.1 Å². The van der Waals surface area contributed by atoms with Gasteiger partial charge in [0.05, 0.1) is 6.42 Å². The number of nitrogens with one attached hydrogen (secondary N) is 1. The fraction of sp³-hybridized carbons (Fsp3) is 0.462. The molecule has 1 aromatic carbocycles.